The molecule has 5 heteroatoms. The lowest BCUT2D eigenvalue weighted by Gasteiger charge is -2.16. The van der Waals surface area contributed by atoms with Gasteiger partial charge in [-0.05, 0) is 19.4 Å². The minimum Gasteiger partial charge on any atom is -0.391 e. The second kappa shape index (κ2) is 4.39. The fraction of sp³-hybridized carbons (Fsp3) is 0.455. The molecular weight excluding hydrogens is 228 g/mol. The first-order chi connectivity index (χ1) is 7.58. The van der Waals surface area contributed by atoms with Crippen molar-refractivity contribution in [3.8, 4) is 0 Å². The highest BCUT2D eigenvalue weighted by atomic mass is 35.5. The predicted octanol–water partition coefficient (Wildman–Crippen LogP) is 1.25. The van der Waals surface area contributed by atoms with Crippen LogP contribution in [0, 0.1) is 6.92 Å². The number of nitrogens with zero attached hydrogens (tertiary/aromatic N) is 2. The van der Waals surface area contributed by atoms with Crippen molar-refractivity contribution in [1.29, 1.82) is 0 Å². The molecular formula is C11H13ClN2O2. The van der Waals surface area contributed by atoms with Crippen LogP contribution >= 0.6 is 11.6 Å². The molecule has 1 fully saturated rings. The van der Waals surface area contributed by atoms with Gasteiger partial charge in [-0.3, -0.25) is 9.78 Å². The normalized spacial score (nSPS) is 20.2. The molecule has 1 aliphatic rings. The van der Waals surface area contributed by atoms with E-state index in [0.29, 0.717) is 30.1 Å². The molecule has 0 unspecified atom stereocenters. The molecule has 2 rings (SSSR count). The molecule has 0 aliphatic carbocycles. The standard InChI is InChI=1S/C11H13ClN2O2/c1-7-4-10(12)9(5-13-7)11(16)14-3-2-8(15)6-14/h4-5,8,15H,2-3,6H2,1H3/t8-/m0/s1. The number of aromatic nitrogens is 1. The van der Waals surface area contributed by atoms with Crippen LogP contribution in [0.2, 0.25) is 5.02 Å². The van der Waals surface area contributed by atoms with Crippen molar-refractivity contribution >= 4 is 17.5 Å². The van der Waals surface area contributed by atoms with Gasteiger partial charge in [0.05, 0.1) is 16.7 Å². The Hall–Kier alpha value is -1.13. The van der Waals surface area contributed by atoms with Gasteiger partial charge >= 0.3 is 0 Å². The van der Waals surface area contributed by atoms with E-state index >= 15 is 0 Å². The Labute approximate surface area is 98.9 Å². The Kier molecular flexibility index (Phi) is 3.12. The van der Waals surface area contributed by atoms with Gasteiger partial charge in [0.25, 0.3) is 5.91 Å². The van der Waals surface area contributed by atoms with E-state index in [4.69, 9.17) is 11.6 Å². The molecule has 1 aromatic heterocycles. The van der Waals surface area contributed by atoms with E-state index < -0.39 is 6.10 Å². The number of β-amino-alcohol motifs (C(OH)–C–C–N with tert-alkyl or cyclic N) is 1. The lowest BCUT2D eigenvalue weighted by atomic mass is 10.2. The van der Waals surface area contributed by atoms with Crippen LogP contribution in [0.4, 0.5) is 0 Å². The highest BCUT2D eigenvalue weighted by Crippen LogP contribution is 2.20. The van der Waals surface area contributed by atoms with Gasteiger partial charge in [-0.15, -0.1) is 0 Å². The molecule has 1 atom stereocenters. The summed E-state index contributed by atoms with van der Waals surface area (Å²) >= 11 is 5.99. The van der Waals surface area contributed by atoms with E-state index in [2.05, 4.69) is 4.98 Å². The Morgan fingerprint density at radius 2 is 2.44 bits per heavy atom. The van der Waals surface area contributed by atoms with Gasteiger partial charge in [0.2, 0.25) is 0 Å². The number of hydrogen-bond donors (Lipinski definition) is 1. The molecule has 1 saturated heterocycles. The van der Waals surface area contributed by atoms with E-state index in [0.717, 1.165) is 5.69 Å². The molecule has 1 N–H and O–H groups in total. The average molecular weight is 241 g/mol. The van der Waals surface area contributed by atoms with Crippen LogP contribution in [0.1, 0.15) is 22.5 Å². The molecule has 0 spiro atoms. The molecule has 1 aromatic rings. The Balaban J connectivity index is 2.21. The maximum atomic E-state index is 12.0. The Morgan fingerprint density at radius 1 is 1.69 bits per heavy atom. The molecule has 0 radical (unpaired) electrons. The number of pyridine rings is 1. The largest absolute Gasteiger partial charge is 0.391 e. The smallest absolute Gasteiger partial charge is 0.257 e. The van der Waals surface area contributed by atoms with Gasteiger partial charge in [0.15, 0.2) is 0 Å². The van der Waals surface area contributed by atoms with Crippen LogP contribution in [0.3, 0.4) is 0 Å². The second-order valence-corrected chi connectivity index (χ2v) is 4.41. The van der Waals surface area contributed by atoms with Crippen LogP contribution in [0.15, 0.2) is 12.3 Å². The highest BCUT2D eigenvalue weighted by Gasteiger charge is 2.26. The van der Waals surface area contributed by atoms with E-state index in [1.54, 1.807) is 11.0 Å². The average Bonchev–Trinajstić information content (AvgIpc) is 2.64. The van der Waals surface area contributed by atoms with Gasteiger partial charge in [-0.1, -0.05) is 11.6 Å². The zero-order valence-electron chi connectivity index (χ0n) is 8.98. The van der Waals surface area contributed by atoms with Gasteiger partial charge in [0, 0.05) is 25.0 Å². The van der Waals surface area contributed by atoms with Crippen LogP contribution < -0.4 is 0 Å². The molecule has 0 bridgehead atoms. The topological polar surface area (TPSA) is 53.4 Å². The first-order valence-corrected chi connectivity index (χ1v) is 5.55. The van der Waals surface area contributed by atoms with Crippen LogP contribution in [0.5, 0.6) is 0 Å². The molecule has 86 valence electrons. The van der Waals surface area contributed by atoms with E-state index in [1.165, 1.54) is 6.20 Å². The van der Waals surface area contributed by atoms with Crippen molar-refractivity contribution < 1.29 is 9.90 Å². The molecule has 1 aliphatic heterocycles. The quantitative estimate of drug-likeness (QED) is 0.804. The number of aryl methyl sites for hydroxylation is 1. The van der Waals surface area contributed by atoms with Crippen molar-refractivity contribution in [2.75, 3.05) is 13.1 Å². The Morgan fingerprint density at radius 3 is 3.00 bits per heavy atom. The number of amides is 1. The lowest BCUT2D eigenvalue weighted by Crippen LogP contribution is -2.29. The molecule has 1 amide bonds. The van der Waals surface area contributed by atoms with E-state index in [-0.39, 0.29) is 5.91 Å². The number of likely N-dealkylation sites (tertiary alicyclic amines) is 1. The first-order valence-electron chi connectivity index (χ1n) is 5.17. The van der Waals surface area contributed by atoms with Gasteiger partial charge in [-0.25, -0.2) is 0 Å². The number of aliphatic hydroxyl groups excluding tert-OH is 1. The van der Waals surface area contributed by atoms with Crippen LogP contribution in [0.25, 0.3) is 0 Å². The number of hydrogen-bond acceptors (Lipinski definition) is 3. The number of aliphatic hydroxyl groups is 1. The lowest BCUT2D eigenvalue weighted by molar-refractivity contribution is 0.0764. The number of carbonyl (C=O) groups is 1. The summed E-state index contributed by atoms with van der Waals surface area (Å²) < 4.78 is 0. The maximum absolute atomic E-state index is 12.0. The van der Waals surface area contributed by atoms with Crippen molar-refractivity contribution in [2.45, 2.75) is 19.4 Å². The fourth-order valence-electron chi connectivity index (χ4n) is 1.78. The van der Waals surface area contributed by atoms with Crippen molar-refractivity contribution in [2.24, 2.45) is 0 Å². The van der Waals surface area contributed by atoms with Crippen molar-refractivity contribution in [3.63, 3.8) is 0 Å². The number of carbonyl (C=O) groups excluding carboxylic acids is 1. The minimum atomic E-state index is -0.416. The summed E-state index contributed by atoms with van der Waals surface area (Å²) in [5.41, 5.74) is 1.18. The number of halogens is 1. The SMILES string of the molecule is Cc1cc(Cl)c(C(=O)N2CC[C@H](O)C2)cn1. The first kappa shape index (κ1) is 11.4. The summed E-state index contributed by atoms with van der Waals surface area (Å²) in [5.74, 6) is -0.158. The summed E-state index contributed by atoms with van der Waals surface area (Å²) in [4.78, 5) is 17.7. The van der Waals surface area contributed by atoms with Crippen LogP contribution in [-0.4, -0.2) is 40.1 Å². The fourth-order valence-corrected chi connectivity index (χ4v) is 2.07. The van der Waals surface area contributed by atoms with Crippen molar-refractivity contribution in [1.82, 2.24) is 9.88 Å². The van der Waals surface area contributed by atoms with Crippen LogP contribution in [-0.2, 0) is 0 Å². The summed E-state index contributed by atoms with van der Waals surface area (Å²) in [6.45, 7) is 2.77. The summed E-state index contributed by atoms with van der Waals surface area (Å²) in [7, 11) is 0. The third kappa shape index (κ3) is 2.18. The van der Waals surface area contributed by atoms with E-state index in [1.807, 2.05) is 6.92 Å². The summed E-state index contributed by atoms with van der Waals surface area (Å²) in [5, 5.41) is 9.78. The number of rotatable bonds is 1. The zero-order valence-corrected chi connectivity index (χ0v) is 9.74. The minimum absolute atomic E-state index is 0.158. The highest BCUT2D eigenvalue weighted by molar-refractivity contribution is 6.33. The van der Waals surface area contributed by atoms with Gasteiger partial charge < -0.3 is 10.0 Å². The summed E-state index contributed by atoms with van der Waals surface area (Å²) in [6, 6.07) is 1.67. The monoisotopic (exact) mass is 240 g/mol. The third-order valence-corrected chi connectivity index (χ3v) is 2.98. The molecule has 0 aromatic carbocycles. The Bertz CT molecular complexity index is 422. The predicted molar refractivity (Wildman–Crippen MR) is 60.5 cm³/mol. The molecule has 16 heavy (non-hydrogen) atoms. The van der Waals surface area contributed by atoms with Gasteiger partial charge in [0.1, 0.15) is 0 Å². The van der Waals surface area contributed by atoms with Gasteiger partial charge in [-0.2, -0.15) is 0 Å². The molecule has 2 heterocycles. The molecule has 4 nitrogen and oxygen atoms in total. The maximum Gasteiger partial charge on any atom is 0.257 e. The third-order valence-electron chi connectivity index (χ3n) is 2.67. The molecule has 0 saturated carbocycles. The zero-order chi connectivity index (χ0) is 11.7. The summed E-state index contributed by atoms with van der Waals surface area (Å²) in [6.07, 6.45) is 1.70. The second-order valence-electron chi connectivity index (χ2n) is 4.00. The van der Waals surface area contributed by atoms with Crippen molar-refractivity contribution in [3.05, 3.63) is 28.5 Å². The van der Waals surface area contributed by atoms with E-state index in [9.17, 15) is 9.90 Å².